The van der Waals surface area contributed by atoms with Crippen LogP contribution in [0.2, 0.25) is 0 Å². The minimum Gasteiger partial charge on any atom is -0.319 e. The highest BCUT2D eigenvalue weighted by Crippen LogP contribution is 2.34. The smallest absolute Gasteiger partial charge is 0.0236 e. The second kappa shape index (κ2) is 6.73. The van der Waals surface area contributed by atoms with Crippen molar-refractivity contribution >= 4 is 0 Å². The molecule has 0 amide bonds. The number of nitrogens with one attached hydrogen (secondary N) is 1. The van der Waals surface area contributed by atoms with Gasteiger partial charge in [-0.3, -0.25) is 4.90 Å². The second-order valence-electron chi connectivity index (χ2n) is 6.70. The lowest BCUT2D eigenvalue weighted by molar-refractivity contribution is 0.243. The predicted molar refractivity (Wildman–Crippen MR) is 84.8 cm³/mol. The van der Waals surface area contributed by atoms with Gasteiger partial charge in [0.1, 0.15) is 0 Å². The lowest BCUT2D eigenvalue weighted by Gasteiger charge is -2.23. The molecular weight excluding hydrogens is 244 g/mol. The molecule has 0 spiro atoms. The summed E-state index contributed by atoms with van der Waals surface area (Å²) in [5, 5.41) is 3.27. The molecule has 2 heteroatoms. The Morgan fingerprint density at radius 1 is 1.00 bits per heavy atom. The molecule has 1 N–H and O–H groups in total. The van der Waals surface area contributed by atoms with Crippen LogP contribution in [0.25, 0.3) is 0 Å². The molecule has 2 aliphatic rings. The SMILES string of the molecule is CNCCc1ccccc1CN(CC1CC1)CC1CC1. The van der Waals surface area contributed by atoms with Crippen molar-refractivity contribution in [2.24, 2.45) is 11.8 Å². The van der Waals surface area contributed by atoms with Crippen LogP contribution in [0.1, 0.15) is 36.8 Å². The average molecular weight is 272 g/mol. The van der Waals surface area contributed by atoms with Gasteiger partial charge in [-0.05, 0) is 68.7 Å². The molecule has 2 saturated carbocycles. The Kier molecular flexibility index (Phi) is 4.74. The largest absolute Gasteiger partial charge is 0.319 e. The number of likely N-dealkylation sites (N-methyl/N-ethyl adjacent to an activating group) is 1. The molecule has 2 nitrogen and oxygen atoms in total. The van der Waals surface area contributed by atoms with Crippen LogP contribution in [0.5, 0.6) is 0 Å². The summed E-state index contributed by atoms with van der Waals surface area (Å²) in [6.45, 7) is 4.89. The lowest BCUT2D eigenvalue weighted by atomic mass is 10.0. The molecule has 0 atom stereocenters. The van der Waals surface area contributed by atoms with Gasteiger partial charge < -0.3 is 5.32 Å². The zero-order valence-corrected chi connectivity index (χ0v) is 12.8. The summed E-state index contributed by atoms with van der Waals surface area (Å²) in [4.78, 5) is 2.73. The summed E-state index contributed by atoms with van der Waals surface area (Å²) < 4.78 is 0. The number of hydrogen-bond donors (Lipinski definition) is 1. The van der Waals surface area contributed by atoms with E-state index in [2.05, 4.69) is 34.5 Å². The minimum atomic E-state index is 0.998. The van der Waals surface area contributed by atoms with Gasteiger partial charge in [0.15, 0.2) is 0 Å². The van der Waals surface area contributed by atoms with Crippen LogP contribution in [-0.2, 0) is 13.0 Å². The van der Waals surface area contributed by atoms with Gasteiger partial charge in [0.25, 0.3) is 0 Å². The fourth-order valence-electron chi connectivity index (χ4n) is 2.99. The molecule has 1 aromatic carbocycles. The zero-order chi connectivity index (χ0) is 13.8. The Balaban J connectivity index is 1.62. The van der Waals surface area contributed by atoms with Crippen molar-refractivity contribution in [3.63, 3.8) is 0 Å². The maximum atomic E-state index is 3.27. The molecule has 20 heavy (non-hydrogen) atoms. The molecule has 0 aliphatic heterocycles. The molecule has 0 radical (unpaired) electrons. The van der Waals surface area contributed by atoms with Crippen LogP contribution in [-0.4, -0.2) is 31.6 Å². The normalized spacial score (nSPS) is 18.7. The fraction of sp³-hybridized carbons (Fsp3) is 0.667. The van der Waals surface area contributed by atoms with Crippen molar-refractivity contribution in [3.8, 4) is 0 Å². The first-order chi connectivity index (χ1) is 9.85. The third-order valence-electron chi connectivity index (χ3n) is 4.58. The molecule has 2 fully saturated rings. The Morgan fingerprint density at radius 2 is 1.60 bits per heavy atom. The monoisotopic (exact) mass is 272 g/mol. The van der Waals surface area contributed by atoms with Gasteiger partial charge in [-0.15, -0.1) is 0 Å². The highest BCUT2D eigenvalue weighted by atomic mass is 15.1. The Hall–Kier alpha value is -0.860. The summed E-state index contributed by atoms with van der Waals surface area (Å²) in [5.41, 5.74) is 3.07. The van der Waals surface area contributed by atoms with Crippen LogP contribution in [0.4, 0.5) is 0 Å². The summed E-state index contributed by atoms with van der Waals surface area (Å²) in [6, 6.07) is 9.02. The van der Waals surface area contributed by atoms with Crippen LogP contribution >= 0.6 is 0 Å². The Morgan fingerprint density at radius 3 is 2.15 bits per heavy atom. The van der Waals surface area contributed by atoms with Crippen molar-refractivity contribution in [2.45, 2.75) is 38.6 Å². The fourth-order valence-corrected chi connectivity index (χ4v) is 2.99. The van der Waals surface area contributed by atoms with Gasteiger partial charge in [-0.1, -0.05) is 24.3 Å². The van der Waals surface area contributed by atoms with E-state index < -0.39 is 0 Å². The van der Waals surface area contributed by atoms with E-state index in [0.29, 0.717) is 0 Å². The molecule has 0 heterocycles. The first kappa shape index (κ1) is 14.1. The molecule has 0 bridgehead atoms. The van der Waals surface area contributed by atoms with E-state index in [1.165, 1.54) is 44.3 Å². The molecule has 0 unspecified atom stereocenters. The quantitative estimate of drug-likeness (QED) is 0.743. The summed E-state index contributed by atoms with van der Waals surface area (Å²) in [5.74, 6) is 2.00. The van der Waals surface area contributed by atoms with E-state index in [-0.39, 0.29) is 0 Å². The topological polar surface area (TPSA) is 15.3 Å². The van der Waals surface area contributed by atoms with Crippen LogP contribution in [0.3, 0.4) is 0 Å². The highest BCUT2D eigenvalue weighted by Gasteiger charge is 2.29. The van der Waals surface area contributed by atoms with E-state index in [1.54, 1.807) is 5.56 Å². The third-order valence-corrected chi connectivity index (χ3v) is 4.58. The van der Waals surface area contributed by atoms with Crippen molar-refractivity contribution < 1.29 is 0 Å². The molecule has 3 rings (SSSR count). The Bertz CT molecular complexity index is 407. The van der Waals surface area contributed by atoms with E-state index in [1.807, 2.05) is 7.05 Å². The maximum absolute atomic E-state index is 3.27. The maximum Gasteiger partial charge on any atom is 0.0236 e. The van der Waals surface area contributed by atoms with E-state index in [0.717, 1.165) is 31.3 Å². The highest BCUT2D eigenvalue weighted by molar-refractivity contribution is 5.27. The standard InChI is InChI=1S/C18H28N2/c1-19-11-10-17-4-2-3-5-18(17)14-20(12-15-6-7-15)13-16-8-9-16/h2-5,15-16,19H,6-14H2,1H3. The predicted octanol–water partition coefficient (Wildman–Crippen LogP) is 3.07. The lowest BCUT2D eigenvalue weighted by Crippen LogP contribution is -2.28. The molecule has 0 saturated heterocycles. The first-order valence-corrected chi connectivity index (χ1v) is 8.29. The van der Waals surface area contributed by atoms with Crippen LogP contribution in [0.15, 0.2) is 24.3 Å². The van der Waals surface area contributed by atoms with Crippen molar-refractivity contribution in [3.05, 3.63) is 35.4 Å². The summed E-state index contributed by atoms with van der Waals surface area (Å²) in [6.07, 6.45) is 6.99. The summed E-state index contributed by atoms with van der Waals surface area (Å²) in [7, 11) is 2.04. The van der Waals surface area contributed by atoms with Gasteiger partial charge in [-0.25, -0.2) is 0 Å². The van der Waals surface area contributed by atoms with E-state index >= 15 is 0 Å². The van der Waals surface area contributed by atoms with Crippen molar-refractivity contribution in [1.29, 1.82) is 0 Å². The molecular formula is C18H28N2. The number of benzene rings is 1. The van der Waals surface area contributed by atoms with E-state index in [9.17, 15) is 0 Å². The number of rotatable bonds is 9. The Labute approximate surface area is 123 Å². The molecule has 0 aromatic heterocycles. The van der Waals surface area contributed by atoms with Gasteiger partial charge in [0.2, 0.25) is 0 Å². The van der Waals surface area contributed by atoms with Crippen molar-refractivity contribution in [1.82, 2.24) is 10.2 Å². The average Bonchev–Trinajstić information content (AvgIpc) is 3.34. The third kappa shape index (κ3) is 4.32. The first-order valence-electron chi connectivity index (χ1n) is 8.29. The van der Waals surface area contributed by atoms with Crippen LogP contribution in [0, 0.1) is 11.8 Å². The zero-order valence-electron chi connectivity index (χ0n) is 12.8. The number of hydrogen-bond acceptors (Lipinski definition) is 2. The van der Waals surface area contributed by atoms with Crippen molar-refractivity contribution in [2.75, 3.05) is 26.7 Å². The van der Waals surface area contributed by atoms with Gasteiger partial charge in [0.05, 0.1) is 0 Å². The molecule has 1 aromatic rings. The van der Waals surface area contributed by atoms with Gasteiger partial charge in [0, 0.05) is 19.6 Å². The second-order valence-corrected chi connectivity index (χ2v) is 6.70. The molecule has 2 aliphatic carbocycles. The van der Waals surface area contributed by atoms with E-state index in [4.69, 9.17) is 0 Å². The van der Waals surface area contributed by atoms with Crippen LogP contribution < -0.4 is 5.32 Å². The summed E-state index contributed by atoms with van der Waals surface area (Å²) >= 11 is 0. The van der Waals surface area contributed by atoms with Gasteiger partial charge >= 0.3 is 0 Å². The number of nitrogens with zero attached hydrogens (tertiary/aromatic N) is 1. The molecule has 110 valence electrons. The minimum absolute atomic E-state index is 0.998. The van der Waals surface area contributed by atoms with Gasteiger partial charge in [-0.2, -0.15) is 0 Å².